The zero-order valence-electron chi connectivity index (χ0n) is 14.9. The molecule has 1 heterocycles. The maximum Gasteiger partial charge on any atom is 0.119 e. The quantitative estimate of drug-likeness (QED) is 0.717. The summed E-state index contributed by atoms with van der Waals surface area (Å²) >= 11 is 0. The Kier molecular flexibility index (Phi) is 6.09. The fourth-order valence-electron chi connectivity index (χ4n) is 3.24. The van der Waals surface area contributed by atoms with E-state index in [9.17, 15) is 0 Å². The lowest BCUT2D eigenvalue weighted by Gasteiger charge is -2.30. The van der Waals surface area contributed by atoms with E-state index in [1.165, 1.54) is 25.9 Å². The minimum atomic E-state index is 0.687. The number of benzene rings is 2. The van der Waals surface area contributed by atoms with Crippen LogP contribution in [0, 0.1) is 17.2 Å². The lowest BCUT2D eigenvalue weighted by Crippen LogP contribution is -2.34. The van der Waals surface area contributed by atoms with Crippen LogP contribution in [-0.2, 0) is 0 Å². The summed E-state index contributed by atoms with van der Waals surface area (Å²) in [5.74, 6) is 1.81. The molecule has 3 rings (SSSR count). The molecule has 0 saturated carbocycles. The molecule has 1 saturated heterocycles. The van der Waals surface area contributed by atoms with Crippen LogP contribution in [0.1, 0.15) is 31.7 Å². The van der Waals surface area contributed by atoms with Gasteiger partial charge in [-0.05, 0) is 73.7 Å². The van der Waals surface area contributed by atoms with Crippen molar-refractivity contribution in [1.82, 2.24) is 4.90 Å². The lowest BCUT2D eigenvalue weighted by atomic mass is 9.99. The highest BCUT2D eigenvalue weighted by atomic mass is 16.5. The second kappa shape index (κ2) is 8.69. The molecule has 0 aromatic heterocycles. The molecule has 0 spiro atoms. The van der Waals surface area contributed by atoms with Crippen LogP contribution >= 0.6 is 0 Å². The molecular weight excluding hydrogens is 308 g/mol. The predicted molar refractivity (Wildman–Crippen MR) is 102 cm³/mol. The van der Waals surface area contributed by atoms with Crippen molar-refractivity contribution in [3.05, 3.63) is 54.1 Å². The van der Waals surface area contributed by atoms with E-state index in [4.69, 9.17) is 10.00 Å². The molecule has 25 heavy (non-hydrogen) atoms. The monoisotopic (exact) mass is 334 g/mol. The molecule has 0 radical (unpaired) electrons. The van der Waals surface area contributed by atoms with Crippen LogP contribution in [0.25, 0.3) is 11.1 Å². The molecule has 0 amide bonds. The van der Waals surface area contributed by atoms with Crippen LogP contribution in [0.4, 0.5) is 0 Å². The zero-order valence-corrected chi connectivity index (χ0v) is 14.9. The Morgan fingerprint density at radius 2 is 1.60 bits per heavy atom. The molecule has 2 aromatic rings. The van der Waals surface area contributed by atoms with Crippen LogP contribution in [0.5, 0.6) is 5.75 Å². The molecule has 1 aliphatic rings. The Labute approximate surface area is 150 Å². The summed E-state index contributed by atoms with van der Waals surface area (Å²) in [5, 5.41) is 8.86. The average Bonchev–Trinajstić information content (AvgIpc) is 2.67. The summed E-state index contributed by atoms with van der Waals surface area (Å²) in [5.41, 5.74) is 2.94. The van der Waals surface area contributed by atoms with Gasteiger partial charge in [0.15, 0.2) is 0 Å². The zero-order chi connectivity index (χ0) is 17.5. The minimum Gasteiger partial charge on any atom is -0.494 e. The maximum absolute atomic E-state index is 8.86. The Morgan fingerprint density at radius 1 is 1.00 bits per heavy atom. The smallest absolute Gasteiger partial charge is 0.119 e. The van der Waals surface area contributed by atoms with Gasteiger partial charge in [-0.15, -0.1) is 0 Å². The number of ether oxygens (including phenoxy) is 1. The van der Waals surface area contributed by atoms with Gasteiger partial charge in [-0.25, -0.2) is 0 Å². The number of piperidine rings is 1. The third kappa shape index (κ3) is 5.08. The lowest BCUT2D eigenvalue weighted by molar-refractivity contribution is 0.177. The van der Waals surface area contributed by atoms with Gasteiger partial charge >= 0.3 is 0 Å². The molecular formula is C22H26N2O. The fourth-order valence-corrected chi connectivity index (χ4v) is 3.24. The van der Waals surface area contributed by atoms with Crippen LogP contribution in [-0.4, -0.2) is 31.1 Å². The molecule has 0 aliphatic carbocycles. The van der Waals surface area contributed by atoms with Crippen molar-refractivity contribution in [3.63, 3.8) is 0 Å². The van der Waals surface area contributed by atoms with Crippen LogP contribution in [0.15, 0.2) is 48.5 Å². The fraction of sp³-hybridized carbons (Fsp3) is 0.409. The predicted octanol–water partition coefficient (Wildman–Crippen LogP) is 4.73. The number of likely N-dealkylation sites (tertiary alicyclic amines) is 1. The number of nitrogens with zero attached hydrogens (tertiary/aromatic N) is 2. The number of hydrogen-bond acceptors (Lipinski definition) is 3. The van der Waals surface area contributed by atoms with E-state index in [0.29, 0.717) is 5.56 Å². The third-order valence-corrected chi connectivity index (χ3v) is 4.97. The van der Waals surface area contributed by atoms with Crippen molar-refractivity contribution in [3.8, 4) is 22.9 Å². The Bertz CT molecular complexity index is 692. The Morgan fingerprint density at radius 3 is 2.20 bits per heavy atom. The van der Waals surface area contributed by atoms with Gasteiger partial charge in [-0.2, -0.15) is 5.26 Å². The van der Waals surface area contributed by atoms with E-state index >= 15 is 0 Å². The summed E-state index contributed by atoms with van der Waals surface area (Å²) in [4.78, 5) is 2.55. The number of hydrogen-bond donors (Lipinski definition) is 0. The summed E-state index contributed by atoms with van der Waals surface area (Å²) in [6.45, 7) is 6.72. The van der Waals surface area contributed by atoms with Gasteiger partial charge in [0, 0.05) is 6.54 Å². The summed E-state index contributed by atoms with van der Waals surface area (Å²) in [7, 11) is 0. The molecule has 0 bridgehead atoms. The van der Waals surface area contributed by atoms with E-state index in [0.717, 1.165) is 42.4 Å². The third-order valence-electron chi connectivity index (χ3n) is 4.97. The first-order chi connectivity index (χ1) is 12.2. The molecule has 0 atom stereocenters. The summed E-state index contributed by atoms with van der Waals surface area (Å²) in [6, 6.07) is 18.0. The Hall–Kier alpha value is -2.31. The van der Waals surface area contributed by atoms with Crippen molar-refractivity contribution < 1.29 is 4.74 Å². The standard InChI is InChI=1S/C22H26N2O/c1-18-11-14-24(15-12-18)13-2-16-25-22-9-7-21(8-10-22)20-5-3-19(17-23)4-6-20/h3-10,18H,2,11-16H2,1H3. The van der Waals surface area contributed by atoms with E-state index in [1.54, 1.807) is 0 Å². The van der Waals surface area contributed by atoms with Gasteiger partial charge in [0.1, 0.15) is 5.75 Å². The number of rotatable bonds is 6. The molecule has 3 heteroatoms. The number of nitriles is 1. The second-order valence-corrected chi connectivity index (χ2v) is 6.94. The molecule has 0 unspecified atom stereocenters. The first kappa shape index (κ1) is 17.5. The minimum absolute atomic E-state index is 0.687. The van der Waals surface area contributed by atoms with Crippen molar-refractivity contribution in [2.45, 2.75) is 26.2 Å². The largest absolute Gasteiger partial charge is 0.494 e. The average molecular weight is 334 g/mol. The van der Waals surface area contributed by atoms with Crippen LogP contribution in [0.3, 0.4) is 0 Å². The van der Waals surface area contributed by atoms with Crippen LogP contribution in [0.2, 0.25) is 0 Å². The SMILES string of the molecule is CC1CCN(CCCOc2ccc(-c3ccc(C#N)cc3)cc2)CC1. The van der Waals surface area contributed by atoms with Gasteiger partial charge in [0.2, 0.25) is 0 Å². The van der Waals surface area contributed by atoms with Gasteiger partial charge < -0.3 is 9.64 Å². The molecule has 2 aromatic carbocycles. The first-order valence-corrected chi connectivity index (χ1v) is 9.20. The maximum atomic E-state index is 8.86. The van der Waals surface area contributed by atoms with Gasteiger partial charge in [0.05, 0.1) is 18.2 Å². The highest BCUT2D eigenvalue weighted by Gasteiger charge is 2.14. The molecule has 3 nitrogen and oxygen atoms in total. The van der Waals surface area contributed by atoms with E-state index in [-0.39, 0.29) is 0 Å². The first-order valence-electron chi connectivity index (χ1n) is 9.20. The van der Waals surface area contributed by atoms with Crippen molar-refractivity contribution in [2.24, 2.45) is 5.92 Å². The van der Waals surface area contributed by atoms with Gasteiger partial charge in [-0.3, -0.25) is 0 Å². The van der Waals surface area contributed by atoms with E-state index in [2.05, 4.69) is 30.0 Å². The van der Waals surface area contributed by atoms with Crippen molar-refractivity contribution in [1.29, 1.82) is 5.26 Å². The normalized spacial score (nSPS) is 15.7. The molecule has 0 N–H and O–H groups in total. The van der Waals surface area contributed by atoms with E-state index in [1.807, 2.05) is 36.4 Å². The highest BCUT2D eigenvalue weighted by molar-refractivity contribution is 5.64. The second-order valence-electron chi connectivity index (χ2n) is 6.94. The van der Waals surface area contributed by atoms with Crippen LogP contribution < -0.4 is 4.74 Å². The molecule has 1 aliphatic heterocycles. The summed E-state index contributed by atoms with van der Waals surface area (Å²) in [6.07, 6.45) is 3.74. The topological polar surface area (TPSA) is 36.3 Å². The molecule has 1 fully saturated rings. The highest BCUT2D eigenvalue weighted by Crippen LogP contribution is 2.23. The van der Waals surface area contributed by atoms with Gasteiger partial charge in [0.25, 0.3) is 0 Å². The Balaban J connectivity index is 1.44. The van der Waals surface area contributed by atoms with Gasteiger partial charge in [-0.1, -0.05) is 31.2 Å². The van der Waals surface area contributed by atoms with E-state index < -0.39 is 0 Å². The summed E-state index contributed by atoms with van der Waals surface area (Å²) < 4.78 is 5.88. The molecule has 130 valence electrons. The van der Waals surface area contributed by atoms with Crippen molar-refractivity contribution >= 4 is 0 Å². The van der Waals surface area contributed by atoms with Crippen molar-refractivity contribution in [2.75, 3.05) is 26.2 Å².